The van der Waals surface area contributed by atoms with Gasteiger partial charge in [0.2, 0.25) is 5.69 Å². The van der Waals surface area contributed by atoms with E-state index in [0.29, 0.717) is 5.69 Å². The summed E-state index contributed by atoms with van der Waals surface area (Å²) in [7, 11) is 1.63. The minimum absolute atomic E-state index is 0.0572. The zero-order valence-electron chi connectivity index (χ0n) is 15.8. The topological polar surface area (TPSA) is 90.1 Å². The van der Waals surface area contributed by atoms with Gasteiger partial charge in [0.05, 0.1) is 4.92 Å². The number of carbonyl (C=O) groups is 1. The van der Waals surface area contributed by atoms with Crippen LogP contribution in [0.15, 0.2) is 0 Å². The quantitative estimate of drug-likeness (QED) is 0.644. The normalized spacial score (nSPS) is 33.3. The standard InChI is InChI=1S/C19H28N4O3/c1-4-15(19-8-12-5-13(9-19)7-14(6-12)10-19)20-18(24)16-17(23(25)26)11(2)22(3)21-16/h12-15H,4-10H2,1-3H3,(H,20,24)/t12?,13?,14?,15-,19?/m0/s1. The molecule has 4 fully saturated rings. The highest BCUT2D eigenvalue weighted by atomic mass is 16.6. The van der Waals surface area contributed by atoms with Crippen molar-refractivity contribution in [1.82, 2.24) is 15.1 Å². The zero-order valence-corrected chi connectivity index (χ0v) is 15.8. The molecule has 1 heterocycles. The first-order valence-corrected chi connectivity index (χ1v) is 9.81. The molecule has 7 nitrogen and oxygen atoms in total. The van der Waals surface area contributed by atoms with Gasteiger partial charge in [-0.15, -0.1) is 0 Å². The number of hydrogen-bond acceptors (Lipinski definition) is 4. The first-order chi connectivity index (χ1) is 12.3. The van der Waals surface area contributed by atoms with Crippen LogP contribution < -0.4 is 5.32 Å². The molecular formula is C19H28N4O3. The fourth-order valence-electron chi connectivity index (χ4n) is 6.49. The van der Waals surface area contributed by atoms with Crippen LogP contribution in [-0.4, -0.2) is 26.7 Å². The number of carbonyl (C=O) groups excluding carboxylic acids is 1. The van der Waals surface area contributed by atoms with Gasteiger partial charge in [-0.25, -0.2) is 0 Å². The van der Waals surface area contributed by atoms with E-state index in [2.05, 4.69) is 17.3 Å². The molecule has 0 aliphatic heterocycles. The van der Waals surface area contributed by atoms with Gasteiger partial charge in [-0.1, -0.05) is 6.92 Å². The third kappa shape index (κ3) is 2.63. The van der Waals surface area contributed by atoms with Gasteiger partial charge < -0.3 is 5.32 Å². The Hall–Kier alpha value is -1.92. The second kappa shape index (κ2) is 6.06. The lowest BCUT2D eigenvalue weighted by Crippen LogP contribution is -2.56. The summed E-state index contributed by atoms with van der Waals surface area (Å²) < 4.78 is 1.42. The molecule has 1 atom stereocenters. The summed E-state index contributed by atoms with van der Waals surface area (Å²) >= 11 is 0. The van der Waals surface area contributed by atoms with Gasteiger partial charge in [-0.3, -0.25) is 19.6 Å². The molecule has 4 aliphatic carbocycles. The predicted molar refractivity (Wildman–Crippen MR) is 96.7 cm³/mol. The van der Waals surface area contributed by atoms with Crippen molar-refractivity contribution in [3.8, 4) is 0 Å². The van der Waals surface area contributed by atoms with Crippen LogP contribution in [0, 0.1) is 40.2 Å². The van der Waals surface area contributed by atoms with E-state index in [1.54, 1.807) is 14.0 Å². The molecule has 1 aromatic heterocycles. The lowest BCUT2D eigenvalue weighted by Gasteiger charge is -2.59. The molecule has 7 heteroatoms. The average Bonchev–Trinajstić information content (AvgIpc) is 2.86. The van der Waals surface area contributed by atoms with Gasteiger partial charge in [0.1, 0.15) is 5.69 Å². The van der Waals surface area contributed by atoms with E-state index in [-0.39, 0.29) is 22.8 Å². The average molecular weight is 360 g/mol. The monoisotopic (exact) mass is 360 g/mol. The maximum Gasteiger partial charge on any atom is 0.322 e. The fraction of sp³-hybridized carbons (Fsp3) is 0.789. The molecule has 1 N–H and O–H groups in total. The summed E-state index contributed by atoms with van der Waals surface area (Å²) in [6, 6.07) is 0.0744. The molecular weight excluding hydrogens is 332 g/mol. The second-order valence-electron chi connectivity index (χ2n) is 8.88. The minimum atomic E-state index is -0.497. The van der Waals surface area contributed by atoms with Gasteiger partial charge in [0.25, 0.3) is 5.91 Å². The Morgan fingerprint density at radius 3 is 2.31 bits per heavy atom. The molecule has 0 saturated heterocycles. The van der Waals surface area contributed by atoms with Crippen molar-refractivity contribution in [1.29, 1.82) is 0 Å². The van der Waals surface area contributed by atoms with Crippen LogP contribution in [0.3, 0.4) is 0 Å². The van der Waals surface area contributed by atoms with E-state index >= 15 is 0 Å². The maximum atomic E-state index is 12.9. The molecule has 5 rings (SSSR count). The molecule has 4 aliphatic rings. The van der Waals surface area contributed by atoms with E-state index in [9.17, 15) is 14.9 Å². The Bertz CT molecular complexity index is 719. The van der Waals surface area contributed by atoms with Crippen LogP contribution in [0.25, 0.3) is 0 Å². The third-order valence-electron chi connectivity index (χ3n) is 7.24. The molecule has 0 unspecified atom stereocenters. The van der Waals surface area contributed by atoms with Crippen molar-refractivity contribution in [2.24, 2.45) is 30.2 Å². The largest absolute Gasteiger partial charge is 0.347 e. The van der Waals surface area contributed by atoms with Gasteiger partial charge in [0, 0.05) is 13.1 Å². The predicted octanol–water partition coefficient (Wildman–Crippen LogP) is 3.36. The summed E-state index contributed by atoms with van der Waals surface area (Å²) in [4.78, 5) is 23.8. The first-order valence-electron chi connectivity index (χ1n) is 9.81. The fourth-order valence-corrected chi connectivity index (χ4v) is 6.49. The maximum absolute atomic E-state index is 12.9. The van der Waals surface area contributed by atoms with Crippen LogP contribution in [0.4, 0.5) is 5.69 Å². The molecule has 0 aromatic carbocycles. The van der Waals surface area contributed by atoms with Crippen molar-refractivity contribution >= 4 is 11.6 Å². The zero-order chi connectivity index (χ0) is 18.6. The SMILES string of the molecule is CC[C@H](NC(=O)c1nn(C)c(C)c1[N+](=O)[O-])C12CC3CC(CC(C3)C1)C2. The van der Waals surface area contributed by atoms with Crippen molar-refractivity contribution in [3.63, 3.8) is 0 Å². The van der Waals surface area contributed by atoms with Gasteiger partial charge in [-0.05, 0) is 75.0 Å². The Balaban J connectivity index is 1.59. The summed E-state index contributed by atoms with van der Waals surface area (Å²) in [6.45, 7) is 3.74. The molecule has 4 saturated carbocycles. The molecule has 1 aromatic rings. The molecule has 26 heavy (non-hydrogen) atoms. The number of rotatable bonds is 5. The number of hydrogen-bond donors (Lipinski definition) is 1. The van der Waals surface area contributed by atoms with E-state index < -0.39 is 10.8 Å². The Labute approximate surface area is 153 Å². The molecule has 0 radical (unpaired) electrons. The highest BCUT2D eigenvalue weighted by Gasteiger charge is 2.54. The number of nitro groups is 1. The molecule has 142 valence electrons. The summed E-state index contributed by atoms with van der Waals surface area (Å²) in [6.07, 6.45) is 8.51. The van der Waals surface area contributed by atoms with Crippen LogP contribution in [0.1, 0.15) is 68.1 Å². The van der Waals surface area contributed by atoms with Crippen LogP contribution in [0.2, 0.25) is 0 Å². The van der Waals surface area contributed by atoms with Crippen molar-refractivity contribution in [3.05, 3.63) is 21.5 Å². The Kier molecular flexibility index (Phi) is 4.08. The highest BCUT2D eigenvalue weighted by Crippen LogP contribution is 2.61. The smallest absolute Gasteiger partial charge is 0.322 e. The van der Waals surface area contributed by atoms with Gasteiger partial charge >= 0.3 is 5.69 Å². The van der Waals surface area contributed by atoms with Crippen LogP contribution in [0.5, 0.6) is 0 Å². The number of aryl methyl sites for hydroxylation is 1. The van der Waals surface area contributed by atoms with E-state index in [0.717, 1.165) is 24.2 Å². The number of amides is 1. The summed E-state index contributed by atoms with van der Waals surface area (Å²) in [5, 5.41) is 18.7. The first kappa shape index (κ1) is 17.5. The number of nitrogens with zero attached hydrogens (tertiary/aromatic N) is 3. The Morgan fingerprint density at radius 1 is 1.31 bits per heavy atom. The summed E-state index contributed by atoms with van der Waals surface area (Å²) in [5.74, 6) is 2.01. The van der Waals surface area contributed by atoms with Crippen LogP contribution in [-0.2, 0) is 7.05 Å². The van der Waals surface area contributed by atoms with Crippen molar-refractivity contribution in [2.75, 3.05) is 0 Å². The van der Waals surface area contributed by atoms with E-state index in [1.165, 1.54) is 43.2 Å². The molecule has 4 bridgehead atoms. The minimum Gasteiger partial charge on any atom is -0.347 e. The molecule has 1 amide bonds. The number of aromatic nitrogens is 2. The van der Waals surface area contributed by atoms with Gasteiger partial charge in [-0.2, -0.15) is 5.10 Å². The van der Waals surface area contributed by atoms with E-state index in [1.807, 2.05) is 0 Å². The van der Waals surface area contributed by atoms with E-state index in [4.69, 9.17) is 0 Å². The highest BCUT2D eigenvalue weighted by molar-refractivity contribution is 5.96. The van der Waals surface area contributed by atoms with Crippen molar-refractivity contribution < 1.29 is 9.72 Å². The lowest BCUT2D eigenvalue weighted by molar-refractivity contribution is -0.385. The Morgan fingerprint density at radius 2 is 1.85 bits per heavy atom. The third-order valence-corrected chi connectivity index (χ3v) is 7.24. The second-order valence-corrected chi connectivity index (χ2v) is 8.88. The summed E-state index contributed by atoms with van der Waals surface area (Å²) in [5.41, 5.74) is 0.351. The number of nitrogens with one attached hydrogen (secondary N) is 1. The van der Waals surface area contributed by atoms with Crippen LogP contribution >= 0.6 is 0 Å². The van der Waals surface area contributed by atoms with Gasteiger partial charge in [0.15, 0.2) is 0 Å². The lowest BCUT2D eigenvalue weighted by atomic mass is 9.47. The van der Waals surface area contributed by atoms with Crippen molar-refractivity contribution in [2.45, 2.75) is 64.8 Å². The molecule has 0 spiro atoms.